The second kappa shape index (κ2) is 8.99. The van der Waals surface area contributed by atoms with Crippen LogP contribution in [0, 0.1) is 0 Å². The summed E-state index contributed by atoms with van der Waals surface area (Å²) in [5.41, 5.74) is 6.83. The van der Waals surface area contributed by atoms with Gasteiger partial charge in [0, 0.05) is 12.5 Å². The van der Waals surface area contributed by atoms with Crippen LogP contribution in [0.2, 0.25) is 0 Å². The third-order valence-electron chi connectivity index (χ3n) is 4.65. The second-order valence-corrected chi connectivity index (χ2v) is 8.62. The number of aromatic nitrogens is 4. The van der Waals surface area contributed by atoms with Crippen molar-refractivity contribution in [3.05, 3.63) is 55.1 Å². The summed E-state index contributed by atoms with van der Waals surface area (Å²) in [4.78, 5) is 22.7. The minimum absolute atomic E-state index is 0.189. The van der Waals surface area contributed by atoms with Crippen LogP contribution in [0.3, 0.4) is 0 Å². The zero-order valence-corrected chi connectivity index (χ0v) is 17.7. The number of rotatable bonds is 9. The van der Waals surface area contributed by atoms with Crippen LogP contribution in [0.4, 0.5) is 5.82 Å². The summed E-state index contributed by atoms with van der Waals surface area (Å²) in [6.07, 6.45) is 1.86. The van der Waals surface area contributed by atoms with Crippen molar-refractivity contribution in [3.8, 4) is 5.75 Å². The van der Waals surface area contributed by atoms with E-state index in [-0.39, 0.29) is 19.0 Å². The predicted molar refractivity (Wildman–Crippen MR) is 116 cm³/mol. The zero-order chi connectivity index (χ0) is 21.8. The Kier molecular flexibility index (Phi) is 6.15. The normalized spacial score (nSPS) is 14.5. The highest BCUT2D eigenvalue weighted by atomic mass is 31.2. The third-order valence-corrected chi connectivity index (χ3v) is 5.60. The van der Waals surface area contributed by atoms with Gasteiger partial charge in [-0.05, 0) is 11.5 Å². The number of methoxy groups -OCH3 is 1. The Morgan fingerprint density at radius 3 is 2.81 bits per heavy atom. The molecule has 2 aromatic carbocycles. The molecule has 0 fully saturated rings. The first-order valence-corrected chi connectivity index (χ1v) is 11.2. The molecule has 4 rings (SSSR count). The molecule has 0 radical (unpaired) electrons. The maximum absolute atomic E-state index is 12.7. The van der Waals surface area contributed by atoms with E-state index in [9.17, 15) is 9.46 Å². The lowest BCUT2D eigenvalue weighted by molar-refractivity contribution is 0.00456. The number of nitrogens with zero attached hydrogens (tertiary/aromatic N) is 4. The highest BCUT2D eigenvalue weighted by Crippen LogP contribution is 2.44. The summed E-state index contributed by atoms with van der Waals surface area (Å²) in [6.45, 7) is 0.476. The van der Waals surface area contributed by atoms with E-state index in [0.29, 0.717) is 16.9 Å². The highest BCUT2D eigenvalue weighted by Gasteiger charge is 2.25. The summed E-state index contributed by atoms with van der Waals surface area (Å²) in [5.74, 6) is 0.597. The van der Waals surface area contributed by atoms with Crippen molar-refractivity contribution in [2.24, 2.45) is 0 Å². The van der Waals surface area contributed by atoms with Crippen LogP contribution in [0.1, 0.15) is 0 Å². The molecule has 0 aliphatic heterocycles. The van der Waals surface area contributed by atoms with E-state index in [1.807, 2.05) is 30.3 Å². The molecular formula is C20H22N5O5P. The Morgan fingerprint density at radius 2 is 1.97 bits per heavy atom. The average molecular weight is 443 g/mol. The lowest BCUT2D eigenvalue weighted by atomic mass is 10.1. The van der Waals surface area contributed by atoms with Crippen molar-refractivity contribution in [2.45, 2.75) is 12.6 Å². The van der Waals surface area contributed by atoms with Crippen LogP contribution in [0.25, 0.3) is 21.9 Å². The molecule has 0 saturated carbocycles. The number of hydrogen-bond donors (Lipinski definition) is 2. The van der Waals surface area contributed by atoms with Gasteiger partial charge in [0.2, 0.25) is 0 Å². The monoisotopic (exact) mass is 443 g/mol. The molecule has 2 unspecified atom stereocenters. The fraction of sp³-hybridized carbons (Fsp3) is 0.250. The number of nitrogen functional groups attached to an aromatic ring is 1. The average Bonchev–Trinajstić information content (AvgIpc) is 3.16. The van der Waals surface area contributed by atoms with Crippen molar-refractivity contribution in [3.63, 3.8) is 0 Å². The number of nitrogens with two attached hydrogens (primary N) is 1. The molecule has 162 valence electrons. The molecule has 2 aromatic heterocycles. The fourth-order valence-corrected chi connectivity index (χ4v) is 4.16. The summed E-state index contributed by atoms with van der Waals surface area (Å²) < 4.78 is 30.8. The van der Waals surface area contributed by atoms with Crippen LogP contribution in [0.5, 0.6) is 5.75 Å². The van der Waals surface area contributed by atoms with Crippen molar-refractivity contribution in [1.82, 2.24) is 19.5 Å². The van der Waals surface area contributed by atoms with Crippen LogP contribution in [-0.2, 0) is 20.6 Å². The molecule has 4 aromatic rings. The number of imidazole rings is 1. The van der Waals surface area contributed by atoms with Crippen LogP contribution in [0.15, 0.2) is 55.1 Å². The van der Waals surface area contributed by atoms with Crippen LogP contribution < -0.4 is 10.3 Å². The first-order valence-electron chi connectivity index (χ1n) is 9.48. The van der Waals surface area contributed by atoms with E-state index in [1.54, 1.807) is 23.0 Å². The maximum atomic E-state index is 12.7. The third kappa shape index (κ3) is 4.83. The van der Waals surface area contributed by atoms with Gasteiger partial charge in [0.15, 0.2) is 17.8 Å². The van der Waals surface area contributed by atoms with Crippen molar-refractivity contribution >= 4 is 35.3 Å². The van der Waals surface area contributed by atoms with E-state index in [0.717, 1.165) is 10.8 Å². The van der Waals surface area contributed by atoms with E-state index >= 15 is 0 Å². The molecule has 10 nitrogen and oxygen atoms in total. The van der Waals surface area contributed by atoms with E-state index in [2.05, 4.69) is 15.0 Å². The Balaban J connectivity index is 1.46. The van der Waals surface area contributed by atoms with E-state index in [4.69, 9.17) is 19.7 Å². The summed E-state index contributed by atoms with van der Waals surface area (Å²) in [5, 5.41) is 1.65. The van der Waals surface area contributed by atoms with Gasteiger partial charge in [-0.3, -0.25) is 0 Å². The first-order chi connectivity index (χ1) is 15.0. The second-order valence-electron chi connectivity index (χ2n) is 6.91. The Morgan fingerprint density at radius 1 is 1.16 bits per heavy atom. The van der Waals surface area contributed by atoms with Gasteiger partial charge in [0.1, 0.15) is 17.6 Å². The molecule has 3 N–H and O–H groups in total. The van der Waals surface area contributed by atoms with Gasteiger partial charge in [0.25, 0.3) is 0 Å². The van der Waals surface area contributed by atoms with Gasteiger partial charge in [-0.25, -0.2) is 19.5 Å². The maximum Gasteiger partial charge on any atom is 0.402 e. The predicted octanol–water partition coefficient (Wildman–Crippen LogP) is 2.82. The van der Waals surface area contributed by atoms with Gasteiger partial charge in [-0.15, -0.1) is 0 Å². The van der Waals surface area contributed by atoms with Crippen LogP contribution in [-0.4, -0.2) is 50.6 Å². The van der Waals surface area contributed by atoms with Gasteiger partial charge in [-0.2, -0.15) is 0 Å². The van der Waals surface area contributed by atoms with Crippen LogP contribution >= 0.6 is 7.60 Å². The van der Waals surface area contributed by atoms with Gasteiger partial charge < -0.3 is 29.2 Å². The van der Waals surface area contributed by atoms with Gasteiger partial charge in [-0.1, -0.05) is 36.4 Å². The van der Waals surface area contributed by atoms with Gasteiger partial charge >= 0.3 is 7.60 Å². The summed E-state index contributed by atoms with van der Waals surface area (Å²) in [7, 11) is -2.57. The Hall–Kier alpha value is -3.04. The Bertz CT molecular complexity index is 1240. The van der Waals surface area contributed by atoms with Crippen molar-refractivity contribution in [2.75, 3.05) is 25.8 Å². The Labute approximate surface area is 178 Å². The SMILES string of the molecule is COCC(Cn1cnc2c(N)ncnc21)OCP(=O)(O)Oc1cccc2ccccc12. The summed E-state index contributed by atoms with van der Waals surface area (Å²) in [6, 6.07) is 12.8. The minimum atomic E-state index is -4.09. The smallest absolute Gasteiger partial charge is 0.402 e. The molecule has 2 heterocycles. The number of fused-ring (bicyclic) bond motifs is 2. The highest BCUT2D eigenvalue weighted by molar-refractivity contribution is 7.53. The van der Waals surface area contributed by atoms with Gasteiger partial charge in [0.05, 0.1) is 25.6 Å². The number of benzene rings is 2. The lowest BCUT2D eigenvalue weighted by Gasteiger charge is -2.20. The molecule has 31 heavy (non-hydrogen) atoms. The molecular weight excluding hydrogens is 421 g/mol. The number of hydrogen-bond acceptors (Lipinski definition) is 8. The number of anilines is 1. The molecule has 2 atom stereocenters. The number of ether oxygens (including phenoxy) is 2. The van der Waals surface area contributed by atoms with E-state index in [1.165, 1.54) is 13.4 Å². The zero-order valence-electron chi connectivity index (χ0n) is 16.8. The first kappa shape index (κ1) is 21.2. The molecule has 0 bridgehead atoms. The molecule has 0 aliphatic rings. The molecule has 0 saturated heterocycles. The van der Waals surface area contributed by atoms with Crippen molar-refractivity contribution < 1.29 is 23.5 Å². The standard InChI is InChI=1S/C20H22N5O5P/c1-28-10-15(9-25-12-24-18-19(21)22-11-23-20(18)25)29-13-31(26,27)30-17-8-4-6-14-5-2-3-7-16(14)17/h2-8,11-12,15H,9-10,13H2,1H3,(H,26,27)(H2,21,22,23). The molecule has 11 heteroatoms. The topological polar surface area (TPSA) is 135 Å². The van der Waals surface area contributed by atoms with E-state index < -0.39 is 20.0 Å². The molecule has 0 amide bonds. The fourth-order valence-electron chi connectivity index (χ4n) is 3.25. The van der Waals surface area contributed by atoms with Crippen molar-refractivity contribution in [1.29, 1.82) is 0 Å². The quantitative estimate of drug-likeness (QED) is 0.374. The molecule has 0 spiro atoms. The largest absolute Gasteiger partial charge is 0.422 e. The summed E-state index contributed by atoms with van der Waals surface area (Å²) >= 11 is 0. The minimum Gasteiger partial charge on any atom is -0.422 e. The lowest BCUT2D eigenvalue weighted by Crippen LogP contribution is -2.26. The molecule has 0 aliphatic carbocycles.